The molecule has 2 amide bonds. The van der Waals surface area contributed by atoms with Crippen molar-refractivity contribution in [2.75, 3.05) is 42.6 Å². The summed E-state index contributed by atoms with van der Waals surface area (Å²) in [4.78, 5) is 14.5. The molecule has 4 rings (SSSR count). The molecule has 0 atom stereocenters. The van der Waals surface area contributed by atoms with E-state index in [1.54, 1.807) is 18.2 Å². The normalized spacial score (nSPS) is 11.1. The van der Waals surface area contributed by atoms with E-state index in [-0.39, 0.29) is 0 Å². The van der Waals surface area contributed by atoms with Gasteiger partial charge >= 0.3 is 6.03 Å². The van der Waals surface area contributed by atoms with Gasteiger partial charge in [-0.2, -0.15) is 5.10 Å². The number of hydrogen-bond acceptors (Lipinski definition) is 5. The summed E-state index contributed by atoms with van der Waals surface area (Å²) in [6, 6.07) is 16.5. The SMILES string of the molecule is CCN(CC)CCOc1ccc(-c2ccc(NC(=O)Nc3cccc(F)c3)cc2)c2c(N)n[nH]c12. The highest BCUT2D eigenvalue weighted by molar-refractivity contribution is 6.04. The molecule has 0 fully saturated rings. The first-order chi connectivity index (χ1) is 17.0. The highest BCUT2D eigenvalue weighted by Crippen LogP contribution is 2.36. The number of anilines is 3. The van der Waals surface area contributed by atoms with Crippen LogP contribution in [0.3, 0.4) is 0 Å². The molecule has 0 aliphatic rings. The highest BCUT2D eigenvalue weighted by Gasteiger charge is 2.15. The minimum atomic E-state index is -0.462. The maximum absolute atomic E-state index is 13.3. The van der Waals surface area contributed by atoms with E-state index in [2.05, 4.69) is 39.6 Å². The van der Waals surface area contributed by atoms with Gasteiger partial charge in [-0.3, -0.25) is 5.10 Å². The number of fused-ring (bicyclic) bond motifs is 1. The van der Waals surface area contributed by atoms with Crippen LogP contribution in [0.15, 0.2) is 60.7 Å². The van der Waals surface area contributed by atoms with Crippen molar-refractivity contribution >= 4 is 34.1 Å². The van der Waals surface area contributed by atoms with Crippen molar-refractivity contribution in [3.8, 4) is 16.9 Å². The molecule has 0 aliphatic carbocycles. The second-order valence-electron chi connectivity index (χ2n) is 8.01. The lowest BCUT2D eigenvalue weighted by molar-refractivity contribution is 0.224. The molecule has 0 unspecified atom stereocenters. The topological polar surface area (TPSA) is 108 Å². The summed E-state index contributed by atoms with van der Waals surface area (Å²) in [5, 5.41) is 13.3. The maximum Gasteiger partial charge on any atom is 0.323 e. The Bertz CT molecular complexity index is 1300. The summed E-state index contributed by atoms with van der Waals surface area (Å²) in [6.45, 7) is 7.60. The lowest BCUT2D eigenvalue weighted by Crippen LogP contribution is -2.27. The number of aromatic nitrogens is 2. The number of rotatable bonds is 9. The first-order valence-corrected chi connectivity index (χ1v) is 11.5. The minimum absolute atomic E-state index is 0.372. The maximum atomic E-state index is 13.3. The number of carbonyl (C=O) groups is 1. The van der Waals surface area contributed by atoms with Gasteiger partial charge in [0, 0.05) is 17.9 Å². The molecule has 0 bridgehead atoms. The van der Waals surface area contributed by atoms with Crippen LogP contribution < -0.4 is 21.1 Å². The number of benzene rings is 3. The van der Waals surface area contributed by atoms with Gasteiger partial charge in [-0.25, -0.2) is 9.18 Å². The number of likely N-dealkylation sites (N-methyl/N-ethyl adjacent to an activating group) is 1. The monoisotopic (exact) mass is 476 g/mol. The number of H-pyrrole nitrogens is 1. The van der Waals surface area contributed by atoms with Crippen molar-refractivity contribution in [2.24, 2.45) is 0 Å². The van der Waals surface area contributed by atoms with Gasteiger partial charge in [0.1, 0.15) is 23.7 Å². The minimum Gasteiger partial charge on any atom is -0.490 e. The Morgan fingerprint density at radius 2 is 1.80 bits per heavy atom. The first kappa shape index (κ1) is 24.0. The molecule has 0 saturated heterocycles. The number of carbonyl (C=O) groups excluding carboxylic acids is 1. The number of aromatic amines is 1. The Labute approximate surface area is 203 Å². The molecule has 1 aromatic heterocycles. The zero-order valence-corrected chi connectivity index (χ0v) is 19.8. The molecule has 8 nitrogen and oxygen atoms in total. The standard InChI is InChI=1S/C26H29FN6O2/c1-3-33(4-2)14-15-35-22-13-12-21(23-24(22)31-32-25(23)28)17-8-10-19(11-9-17)29-26(34)30-20-7-5-6-18(27)16-20/h5-13,16H,3-4,14-15H2,1-2H3,(H3,28,31,32)(H2,29,30,34). The lowest BCUT2D eigenvalue weighted by atomic mass is 10.0. The van der Waals surface area contributed by atoms with Crippen molar-refractivity contribution in [2.45, 2.75) is 13.8 Å². The molecule has 182 valence electrons. The van der Waals surface area contributed by atoms with Crippen LogP contribution in [0.5, 0.6) is 5.75 Å². The van der Waals surface area contributed by atoms with Crippen LogP contribution in [-0.2, 0) is 0 Å². The van der Waals surface area contributed by atoms with Crippen LogP contribution in [0.2, 0.25) is 0 Å². The fourth-order valence-corrected chi connectivity index (χ4v) is 3.91. The van der Waals surface area contributed by atoms with Crippen molar-refractivity contribution in [3.63, 3.8) is 0 Å². The average Bonchev–Trinajstić information content (AvgIpc) is 3.24. The Hall–Kier alpha value is -4.11. The average molecular weight is 477 g/mol. The molecule has 9 heteroatoms. The highest BCUT2D eigenvalue weighted by atomic mass is 19.1. The van der Waals surface area contributed by atoms with Gasteiger partial charge in [0.15, 0.2) is 5.82 Å². The van der Waals surface area contributed by atoms with E-state index >= 15 is 0 Å². The summed E-state index contributed by atoms with van der Waals surface area (Å²) in [5.41, 5.74) is 9.71. The number of ether oxygens (including phenoxy) is 1. The predicted molar refractivity (Wildman–Crippen MR) is 138 cm³/mol. The third kappa shape index (κ3) is 5.70. The van der Waals surface area contributed by atoms with Gasteiger partial charge < -0.3 is 26.0 Å². The number of nitrogens with one attached hydrogen (secondary N) is 3. The van der Waals surface area contributed by atoms with Gasteiger partial charge in [0.25, 0.3) is 0 Å². The summed E-state index contributed by atoms with van der Waals surface area (Å²) >= 11 is 0. The van der Waals surface area contributed by atoms with E-state index in [4.69, 9.17) is 10.5 Å². The number of nitrogens with two attached hydrogens (primary N) is 1. The van der Waals surface area contributed by atoms with Gasteiger partial charge in [-0.05, 0) is 66.7 Å². The van der Waals surface area contributed by atoms with E-state index in [9.17, 15) is 9.18 Å². The number of nitrogens with zero attached hydrogens (tertiary/aromatic N) is 2. The second-order valence-corrected chi connectivity index (χ2v) is 8.01. The van der Waals surface area contributed by atoms with Crippen LogP contribution in [0, 0.1) is 5.82 Å². The quantitative estimate of drug-likeness (QED) is 0.262. The molecular weight excluding hydrogens is 447 g/mol. The predicted octanol–water partition coefficient (Wildman–Crippen LogP) is 5.32. The number of halogens is 1. The number of amides is 2. The Balaban J connectivity index is 1.48. The molecular formula is C26H29FN6O2. The Morgan fingerprint density at radius 1 is 1.06 bits per heavy atom. The van der Waals surface area contributed by atoms with Gasteiger partial charge in [-0.15, -0.1) is 0 Å². The first-order valence-electron chi connectivity index (χ1n) is 11.5. The van der Waals surface area contributed by atoms with Crippen molar-refractivity contribution < 1.29 is 13.9 Å². The smallest absolute Gasteiger partial charge is 0.323 e. The van der Waals surface area contributed by atoms with Crippen LogP contribution in [0.25, 0.3) is 22.0 Å². The molecule has 0 radical (unpaired) electrons. The third-order valence-corrected chi connectivity index (χ3v) is 5.81. The number of urea groups is 1. The molecule has 3 aromatic carbocycles. The van der Waals surface area contributed by atoms with E-state index in [1.165, 1.54) is 18.2 Å². The second kappa shape index (κ2) is 10.9. The summed E-state index contributed by atoms with van der Waals surface area (Å²) in [6.07, 6.45) is 0. The van der Waals surface area contributed by atoms with Crippen LogP contribution in [-0.4, -0.2) is 47.4 Å². The molecule has 0 aliphatic heterocycles. The Kier molecular flexibility index (Phi) is 7.47. The molecule has 5 N–H and O–H groups in total. The zero-order chi connectivity index (χ0) is 24.8. The van der Waals surface area contributed by atoms with Crippen LogP contribution >= 0.6 is 0 Å². The fraction of sp³-hybridized carbons (Fsp3) is 0.231. The van der Waals surface area contributed by atoms with E-state index in [0.29, 0.717) is 29.5 Å². The molecule has 1 heterocycles. The number of hydrogen-bond donors (Lipinski definition) is 4. The molecule has 4 aromatic rings. The van der Waals surface area contributed by atoms with Crippen molar-refractivity contribution in [1.29, 1.82) is 0 Å². The van der Waals surface area contributed by atoms with Crippen LogP contribution in [0.4, 0.5) is 26.4 Å². The summed E-state index contributed by atoms with van der Waals surface area (Å²) < 4.78 is 19.3. The molecule has 0 saturated carbocycles. The van der Waals surface area contributed by atoms with Crippen LogP contribution in [0.1, 0.15) is 13.8 Å². The fourth-order valence-electron chi connectivity index (χ4n) is 3.91. The number of nitrogen functional groups attached to an aromatic ring is 1. The van der Waals surface area contributed by atoms with Gasteiger partial charge in [0.2, 0.25) is 0 Å². The summed E-state index contributed by atoms with van der Waals surface area (Å²) in [7, 11) is 0. The van der Waals surface area contributed by atoms with Crippen molar-refractivity contribution in [3.05, 3.63) is 66.5 Å². The van der Waals surface area contributed by atoms with Gasteiger partial charge in [0.05, 0.1) is 5.39 Å². The lowest BCUT2D eigenvalue weighted by Gasteiger charge is -2.18. The summed E-state index contributed by atoms with van der Waals surface area (Å²) in [5.74, 6) is 0.672. The molecule has 35 heavy (non-hydrogen) atoms. The van der Waals surface area contributed by atoms with E-state index < -0.39 is 11.8 Å². The van der Waals surface area contributed by atoms with E-state index in [1.807, 2.05) is 24.3 Å². The largest absolute Gasteiger partial charge is 0.490 e. The molecule has 0 spiro atoms. The third-order valence-electron chi connectivity index (χ3n) is 5.81. The zero-order valence-electron chi connectivity index (χ0n) is 19.8. The van der Waals surface area contributed by atoms with E-state index in [0.717, 1.165) is 41.7 Å². The van der Waals surface area contributed by atoms with Crippen molar-refractivity contribution in [1.82, 2.24) is 15.1 Å². The van der Waals surface area contributed by atoms with Gasteiger partial charge in [-0.1, -0.05) is 32.0 Å². The Morgan fingerprint density at radius 3 is 2.51 bits per heavy atom.